The predicted molar refractivity (Wildman–Crippen MR) is 77.4 cm³/mol. The van der Waals surface area contributed by atoms with E-state index in [1.54, 1.807) is 0 Å². The third-order valence-electron chi connectivity index (χ3n) is 4.79. The largest absolute Gasteiger partial charge is 0.349 e. The second-order valence-corrected chi connectivity index (χ2v) is 6.18. The highest BCUT2D eigenvalue weighted by atomic mass is 16.1. The molecule has 0 saturated heterocycles. The second kappa shape index (κ2) is 5.36. The second-order valence-electron chi connectivity index (χ2n) is 6.18. The molecule has 0 unspecified atom stereocenters. The highest BCUT2D eigenvalue weighted by Gasteiger charge is 2.23. The Hall–Kier alpha value is -1.31. The Morgan fingerprint density at radius 2 is 1.89 bits per heavy atom. The first-order valence-electron chi connectivity index (χ1n) is 7.67. The van der Waals surface area contributed by atoms with Gasteiger partial charge in [0.05, 0.1) is 0 Å². The zero-order chi connectivity index (χ0) is 13.2. The van der Waals surface area contributed by atoms with Gasteiger partial charge in [0.2, 0.25) is 0 Å². The van der Waals surface area contributed by atoms with Gasteiger partial charge >= 0.3 is 0 Å². The number of hydrogen-bond donors (Lipinski definition) is 1. The lowest BCUT2D eigenvalue weighted by molar-refractivity contribution is 0.0910. The average Bonchev–Trinajstić information content (AvgIpc) is 2.88. The lowest BCUT2D eigenvalue weighted by Gasteiger charge is -2.29. The fourth-order valence-corrected chi connectivity index (χ4v) is 3.50. The van der Waals surface area contributed by atoms with E-state index in [9.17, 15) is 4.79 Å². The van der Waals surface area contributed by atoms with Crippen molar-refractivity contribution in [2.75, 3.05) is 0 Å². The summed E-state index contributed by atoms with van der Waals surface area (Å²) in [5.74, 6) is 0.737. The number of carbonyl (C=O) groups excluding carboxylic acids is 1. The molecule has 0 radical (unpaired) electrons. The van der Waals surface area contributed by atoms with Gasteiger partial charge in [-0.3, -0.25) is 4.79 Å². The van der Waals surface area contributed by atoms with Crippen molar-refractivity contribution in [1.82, 2.24) is 5.32 Å². The molecule has 2 atom stereocenters. The minimum absolute atomic E-state index is 0.119. The molecule has 0 bridgehead atoms. The number of carbonyl (C=O) groups is 1. The molecular formula is C17H23NO. The summed E-state index contributed by atoms with van der Waals surface area (Å²) in [6.07, 6.45) is 8.49. The Kier molecular flexibility index (Phi) is 3.58. The molecule has 0 spiro atoms. The first-order valence-corrected chi connectivity index (χ1v) is 7.67. The predicted octanol–water partition coefficient (Wildman–Crippen LogP) is 3.48. The lowest BCUT2D eigenvalue weighted by atomic mass is 9.86. The molecule has 2 heteroatoms. The standard InChI is InChI=1S/C17H23NO/c1-12-5-2-3-8-16(12)18-17(19)15-10-9-13-6-4-7-14(13)11-15/h9-12,16H,2-8H2,1H3,(H,18,19)/t12-,16-/m0/s1. The van der Waals surface area contributed by atoms with Crippen LogP contribution in [0.25, 0.3) is 0 Å². The van der Waals surface area contributed by atoms with Crippen molar-refractivity contribution in [2.24, 2.45) is 5.92 Å². The number of fused-ring (bicyclic) bond motifs is 1. The van der Waals surface area contributed by atoms with E-state index < -0.39 is 0 Å². The van der Waals surface area contributed by atoms with Crippen molar-refractivity contribution < 1.29 is 4.79 Å². The van der Waals surface area contributed by atoms with E-state index in [0.717, 1.165) is 18.4 Å². The average molecular weight is 257 g/mol. The monoisotopic (exact) mass is 257 g/mol. The van der Waals surface area contributed by atoms with Crippen molar-refractivity contribution in [3.63, 3.8) is 0 Å². The van der Waals surface area contributed by atoms with Crippen LogP contribution in [0.2, 0.25) is 0 Å². The van der Waals surface area contributed by atoms with E-state index in [-0.39, 0.29) is 5.91 Å². The SMILES string of the molecule is C[C@H]1CCCC[C@@H]1NC(=O)c1ccc2c(c1)CCC2. The Morgan fingerprint density at radius 3 is 2.74 bits per heavy atom. The number of aryl methyl sites for hydroxylation is 2. The van der Waals surface area contributed by atoms with Gasteiger partial charge in [0.25, 0.3) is 5.91 Å². The van der Waals surface area contributed by atoms with Crippen LogP contribution in [-0.4, -0.2) is 11.9 Å². The Labute approximate surface area is 115 Å². The maximum atomic E-state index is 12.3. The molecule has 1 saturated carbocycles. The molecule has 1 aromatic carbocycles. The maximum Gasteiger partial charge on any atom is 0.251 e. The van der Waals surface area contributed by atoms with Crippen LogP contribution in [0.1, 0.15) is 60.5 Å². The van der Waals surface area contributed by atoms with E-state index in [0.29, 0.717) is 12.0 Å². The Balaban J connectivity index is 1.70. The molecular weight excluding hydrogens is 234 g/mol. The van der Waals surface area contributed by atoms with E-state index >= 15 is 0 Å². The van der Waals surface area contributed by atoms with Crippen LogP contribution >= 0.6 is 0 Å². The van der Waals surface area contributed by atoms with Crippen LogP contribution in [0.4, 0.5) is 0 Å². The number of amides is 1. The Bertz CT molecular complexity index is 480. The van der Waals surface area contributed by atoms with Gasteiger partial charge in [-0.15, -0.1) is 0 Å². The smallest absolute Gasteiger partial charge is 0.251 e. The summed E-state index contributed by atoms with van der Waals surface area (Å²) < 4.78 is 0. The molecule has 1 N–H and O–H groups in total. The molecule has 2 nitrogen and oxygen atoms in total. The zero-order valence-electron chi connectivity index (χ0n) is 11.7. The van der Waals surface area contributed by atoms with Crippen LogP contribution in [0.5, 0.6) is 0 Å². The summed E-state index contributed by atoms with van der Waals surface area (Å²) in [5, 5.41) is 3.24. The van der Waals surface area contributed by atoms with Gasteiger partial charge in [0.15, 0.2) is 0 Å². The number of rotatable bonds is 2. The summed E-state index contributed by atoms with van der Waals surface area (Å²) in [5.41, 5.74) is 3.66. The third kappa shape index (κ3) is 2.68. The number of benzene rings is 1. The first kappa shape index (κ1) is 12.7. The molecule has 3 rings (SSSR count). The van der Waals surface area contributed by atoms with Gasteiger partial charge < -0.3 is 5.32 Å². The fraction of sp³-hybridized carbons (Fsp3) is 0.588. The molecule has 0 aliphatic heterocycles. The molecule has 1 amide bonds. The lowest BCUT2D eigenvalue weighted by Crippen LogP contribution is -2.41. The van der Waals surface area contributed by atoms with Crippen molar-refractivity contribution in [1.29, 1.82) is 0 Å². The molecule has 102 valence electrons. The molecule has 0 heterocycles. The minimum Gasteiger partial charge on any atom is -0.349 e. The molecule has 1 fully saturated rings. The molecule has 19 heavy (non-hydrogen) atoms. The van der Waals surface area contributed by atoms with E-state index in [2.05, 4.69) is 24.4 Å². The van der Waals surface area contributed by atoms with Gasteiger partial charge in [0.1, 0.15) is 0 Å². The van der Waals surface area contributed by atoms with Gasteiger partial charge in [-0.05, 0) is 61.3 Å². The topological polar surface area (TPSA) is 29.1 Å². The number of nitrogens with one attached hydrogen (secondary N) is 1. The van der Waals surface area contributed by atoms with Gasteiger partial charge in [-0.25, -0.2) is 0 Å². The minimum atomic E-state index is 0.119. The molecule has 0 aromatic heterocycles. The van der Waals surface area contributed by atoms with Crippen LogP contribution in [0.3, 0.4) is 0 Å². The summed E-state index contributed by atoms with van der Waals surface area (Å²) >= 11 is 0. The van der Waals surface area contributed by atoms with Crippen molar-refractivity contribution in [3.8, 4) is 0 Å². The van der Waals surface area contributed by atoms with Crippen molar-refractivity contribution >= 4 is 5.91 Å². The molecule has 2 aliphatic rings. The Morgan fingerprint density at radius 1 is 1.11 bits per heavy atom. The van der Waals surface area contributed by atoms with Gasteiger partial charge in [-0.2, -0.15) is 0 Å². The summed E-state index contributed by atoms with van der Waals surface area (Å²) in [7, 11) is 0. The van der Waals surface area contributed by atoms with E-state index in [1.165, 1.54) is 43.2 Å². The highest BCUT2D eigenvalue weighted by molar-refractivity contribution is 5.94. The van der Waals surface area contributed by atoms with Crippen LogP contribution in [-0.2, 0) is 12.8 Å². The molecule has 2 aliphatic carbocycles. The zero-order valence-corrected chi connectivity index (χ0v) is 11.7. The summed E-state index contributed by atoms with van der Waals surface area (Å²) in [4.78, 5) is 12.3. The quantitative estimate of drug-likeness (QED) is 0.863. The van der Waals surface area contributed by atoms with E-state index in [1.807, 2.05) is 6.07 Å². The third-order valence-corrected chi connectivity index (χ3v) is 4.79. The number of hydrogen-bond acceptors (Lipinski definition) is 1. The summed E-state index contributed by atoms with van der Waals surface area (Å²) in [6.45, 7) is 2.26. The van der Waals surface area contributed by atoms with Crippen molar-refractivity contribution in [2.45, 2.75) is 57.9 Å². The first-order chi connectivity index (χ1) is 9.24. The molecule has 1 aromatic rings. The van der Waals surface area contributed by atoms with E-state index in [4.69, 9.17) is 0 Å². The van der Waals surface area contributed by atoms with Gasteiger partial charge in [0, 0.05) is 11.6 Å². The van der Waals surface area contributed by atoms with Gasteiger partial charge in [-0.1, -0.05) is 25.8 Å². The van der Waals surface area contributed by atoms with Crippen LogP contribution in [0, 0.1) is 5.92 Å². The normalized spacial score (nSPS) is 25.9. The fourth-order valence-electron chi connectivity index (χ4n) is 3.50. The van der Waals surface area contributed by atoms with Crippen molar-refractivity contribution in [3.05, 3.63) is 34.9 Å². The van der Waals surface area contributed by atoms with Crippen LogP contribution in [0.15, 0.2) is 18.2 Å². The van der Waals surface area contributed by atoms with Crippen LogP contribution < -0.4 is 5.32 Å². The maximum absolute atomic E-state index is 12.3. The highest BCUT2D eigenvalue weighted by Crippen LogP contribution is 2.25. The summed E-state index contributed by atoms with van der Waals surface area (Å²) in [6, 6.07) is 6.61.